The fourth-order valence-electron chi connectivity index (χ4n) is 2.55. The molecule has 0 saturated carbocycles. The smallest absolute Gasteiger partial charge is 0.326 e. The van der Waals surface area contributed by atoms with Crippen molar-refractivity contribution in [3.05, 3.63) is 0 Å². The summed E-state index contributed by atoms with van der Waals surface area (Å²) in [7, 11) is 1.60. The van der Waals surface area contributed by atoms with Crippen molar-refractivity contribution in [2.24, 2.45) is 5.73 Å². The van der Waals surface area contributed by atoms with Gasteiger partial charge in [-0.25, -0.2) is 4.79 Å². The monoisotopic (exact) mass is 374 g/mol. The highest BCUT2D eigenvalue weighted by molar-refractivity contribution is 5.83. The lowest BCUT2D eigenvalue weighted by Crippen LogP contribution is -2.42. The van der Waals surface area contributed by atoms with Crippen LogP contribution < -0.4 is 5.73 Å². The molecule has 0 fully saturated rings. The average Bonchev–Trinajstić information content (AvgIpc) is 2.56. The summed E-state index contributed by atoms with van der Waals surface area (Å²) in [5.41, 5.74) is 5.42. The second kappa shape index (κ2) is 18.2. The third-order valence-corrected chi connectivity index (χ3v) is 4.07. The van der Waals surface area contributed by atoms with Gasteiger partial charge >= 0.3 is 5.97 Å². The molecular formula is C19H38N2O5. The molecule has 0 aromatic rings. The Kier molecular flexibility index (Phi) is 18.6. The van der Waals surface area contributed by atoms with Crippen LogP contribution in [0.4, 0.5) is 0 Å². The molecule has 4 N–H and O–H groups in total. The van der Waals surface area contributed by atoms with E-state index >= 15 is 0 Å². The first-order valence-electron chi connectivity index (χ1n) is 9.65. The Labute approximate surface area is 157 Å². The first-order chi connectivity index (χ1) is 12.3. The number of rotatable bonds is 14. The quantitative estimate of drug-likeness (QED) is 0.401. The highest BCUT2D eigenvalue weighted by atomic mass is 16.4. The summed E-state index contributed by atoms with van der Waals surface area (Å²) >= 11 is 0. The Bertz CT molecular complexity index is 384. The van der Waals surface area contributed by atoms with E-state index in [-0.39, 0.29) is 5.91 Å². The number of carboxylic acid groups (broad SMARTS) is 2. The molecule has 0 heterocycles. The number of nitrogens with zero attached hydrogens (tertiary/aromatic N) is 1. The second-order valence-corrected chi connectivity index (χ2v) is 6.53. The van der Waals surface area contributed by atoms with Gasteiger partial charge in [0.25, 0.3) is 5.97 Å². The number of hydrogen-bond donors (Lipinski definition) is 3. The summed E-state index contributed by atoms with van der Waals surface area (Å²) in [4.78, 5) is 33.8. The van der Waals surface area contributed by atoms with Crippen LogP contribution in [0.2, 0.25) is 0 Å². The van der Waals surface area contributed by atoms with Crippen LogP contribution in [0.15, 0.2) is 0 Å². The van der Waals surface area contributed by atoms with Crippen molar-refractivity contribution in [3.63, 3.8) is 0 Å². The third-order valence-electron chi connectivity index (χ3n) is 4.07. The van der Waals surface area contributed by atoms with Crippen molar-refractivity contribution in [3.8, 4) is 0 Å². The van der Waals surface area contributed by atoms with Gasteiger partial charge in [-0.3, -0.25) is 9.59 Å². The average molecular weight is 375 g/mol. The summed E-state index contributed by atoms with van der Waals surface area (Å²) in [5.74, 6) is -1.82. The van der Waals surface area contributed by atoms with Crippen LogP contribution in [0.1, 0.15) is 84.5 Å². The van der Waals surface area contributed by atoms with Crippen molar-refractivity contribution < 1.29 is 24.6 Å². The molecular weight excluding hydrogens is 336 g/mol. The molecule has 0 rings (SSSR count). The fourth-order valence-corrected chi connectivity index (χ4v) is 2.55. The Morgan fingerprint density at radius 3 is 1.88 bits per heavy atom. The molecule has 1 amide bonds. The molecule has 26 heavy (non-hydrogen) atoms. The van der Waals surface area contributed by atoms with Gasteiger partial charge in [0, 0.05) is 20.4 Å². The number of carbonyl (C=O) groups is 3. The number of carboxylic acids is 2. The second-order valence-electron chi connectivity index (χ2n) is 6.53. The van der Waals surface area contributed by atoms with Crippen molar-refractivity contribution in [1.82, 2.24) is 4.90 Å². The first kappa shape index (κ1) is 26.6. The highest BCUT2D eigenvalue weighted by Crippen LogP contribution is 2.12. The van der Waals surface area contributed by atoms with E-state index in [4.69, 9.17) is 15.6 Å². The number of amides is 1. The first-order valence-corrected chi connectivity index (χ1v) is 9.65. The van der Waals surface area contributed by atoms with Crippen LogP contribution in [0, 0.1) is 0 Å². The standard InChI is InChI=1S/C17H34N2O3.C2H4O2/c1-3-4-5-6-7-8-9-13-16(20)19(2)15(17(21)22)12-10-11-14-18;1-2(3)4/h15H,3-14,18H2,1-2H3,(H,21,22);1H3,(H,3,4). The third kappa shape index (κ3) is 17.2. The fraction of sp³-hybridized carbons (Fsp3) is 0.842. The van der Waals surface area contributed by atoms with E-state index in [1.807, 2.05) is 0 Å². The molecule has 154 valence electrons. The summed E-state index contributed by atoms with van der Waals surface area (Å²) < 4.78 is 0. The van der Waals surface area contributed by atoms with Crippen LogP contribution in [-0.4, -0.2) is 52.6 Å². The number of aliphatic carboxylic acids is 2. The van der Waals surface area contributed by atoms with Gasteiger partial charge in [0.2, 0.25) is 5.91 Å². The molecule has 1 unspecified atom stereocenters. The number of carbonyl (C=O) groups excluding carboxylic acids is 1. The van der Waals surface area contributed by atoms with Crippen LogP contribution >= 0.6 is 0 Å². The molecule has 0 spiro atoms. The van der Waals surface area contributed by atoms with Gasteiger partial charge in [-0.15, -0.1) is 0 Å². The molecule has 0 radical (unpaired) electrons. The largest absolute Gasteiger partial charge is 0.481 e. The van der Waals surface area contributed by atoms with Crippen LogP contribution in [0.25, 0.3) is 0 Å². The van der Waals surface area contributed by atoms with E-state index < -0.39 is 18.0 Å². The molecule has 0 aliphatic heterocycles. The molecule has 7 heteroatoms. The lowest BCUT2D eigenvalue weighted by Gasteiger charge is -2.25. The lowest BCUT2D eigenvalue weighted by molar-refractivity contribution is -0.149. The predicted molar refractivity (Wildman–Crippen MR) is 103 cm³/mol. The Morgan fingerprint density at radius 1 is 0.923 bits per heavy atom. The van der Waals surface area contributed by atoms with Gasteiger partial charge in [0.05, 0.1) is 0 Å². The minimum atomic E-state index is -0.924. The zero-order valence-electron chi connectivity index (χ0n) is 16.7. The maximum atomic E-state index is 12.1. The van der Waals surface area contributed by atoms with Gasteiger partial charge in [-0.1, -0.05) is 45.4 Å². The number of likely N-dealkylation sites (N-methyl/N-ethyl adjacent to an activating group) is 1. The van der Waals surface area contributed by atoms with Gasteiger partial charge < -0.3 is 20.8 Å². The predicted octanol–water partition coefficient (Wildman–Crippen LogP) is 3.26. The summed E-state index contributed by atoms with van der Waals surface area (Å²) in [6.45, 7) is 3.84. The molecule has 0 aliphatic rings. The SMILES string of the molecule is CC(=O)O.CCCCCCCCCC(=O)N(C)C(CCCCN)C(=O)O. The van der Waals surface area contributed by atoms with E-state index in [1.165, 1.54) is 30.6 Å². The number of nitrogens with two attached hydrogens (primary N) is 1. The van der Waals surface area contributed by atoms with Gasteiger partial charge in [-0.2, -0.15) is 0 Å². The normalized spacial score (nSPS) is 11.2. The maximum absolute atomic E-state index is 12.1. The van der Waals surface area contributed by atoms with E-state index in [0.29, 0.717) is 19.4 Å². The Morgan fingerprint density at radius 2 is 1.42 bits per heavy atom. The molecule has 0 bridgehead atoms. The minimum absolute atomic E-state index is 0.0614. The molecule has 0 aromatic carbocycles. The van der Waals surface area contributed by atoms with Crippen LogP contribution in [0.5, 0.6) is 0 Å². The molecule has 0 aliphatic carbocycles. The van der Waals surface area contributed by atoms with Crippen molar-refractivity contribution in [1.29, 1.82) is 0 Å². The molecule has 0 aromatic heterocycles. The van der Waals surface area contributed by atoms with Crippen LogP contribution in [0.3, 0.4) is 0 Å². The zero-order valence-corrected chi connectivity index (χ0v) is 16.7. The van der Waals surface area contributed by atoms with Crippen LogP contribution in [-0.2, 0) is 14.4 Å². The highest BCUT2D eigenvalue weighted by Gasteiger charge is 2.25. The Hall–Kier alpha value is -1.63. The minimum Gasteiger partial charge on any atom is -0.481 e. The zero-order chi connectivity index (χ0) is 20.4. The lowest BCUT2D eigenvalue weighted by atomic mass is 10.1. The van der Waals surface area contributed by atoms with E-state index in [1.54, 1.807) is 7.05 Å². The summed E-state index contributed by atoms with van der Waals surface area (Å²) in [6.07, 6.45) is 10.5. The maximum Gasteiger partial charge on any atom is 0.326 e. The summed E-state index contributed by atoms with van der Waals surface area (Å²) in [5, 5.41) is 16.7. The Balaban J connectivity index is 0. The van der Waals surface area contributed by atoms with Gasteiger partial charge in [0.15, 0.2) is 0 Å². The number of hydrogen-bond acceptors (Lipinski definition) is 4. The number of unbranched alkanes of at least 4 members (excludes halogenated alkanes) is 7. The van der Waals surface area contributed by atoms with Gasteiger partial charge in [0.1, 0.15) is 6.04 Å². The van der Waals surface area contributed by atoms with Crippen molar-refractivity contribution in [2.45, 2.75) is 90.5 Å². The molecule has 1 atom stereocenters. The summed E-state index contributed by atoms with van der Waals surface area (Å²) in [6, 6.07) is -0.719. The van der Waals surface area contributed by atoms with Crippen molar-refractivity contribution >= 4 is 17.8 Å². The molecule has 7 nitrogen and oxygen atoms in total. The topological polar surface area (TPSA) is 121 Å². The van der Waals surface area contributed by atoms with E-state index in [2.05, 4.69) is 6.92 Å². The van der Waals surface area contributed by atoms with Gasteiger partial charge in [-0.05, 0) is 32.2 Å². The van der Waals surface area contributed by atoms with Crippen molar-refractivity contribution in [2.75, 3.05) is 13.6 Å². The van der Waals surface area contributed by atoms with E-state index in [9.17, 15) is 14.7 Å². The van der Waals surface area contributed by atoms with E-state index in [0.717, 1.165) is 39.0 Å². The molecule has 0 saturated heterocycles.